The van der Waals surface area contributed by atoms with Crippen molar-refractivity contribution >= 4 is 23.3 Å². The molecule has 0 saturated carbocycles. The summed E-state index contributed by atoms with van der Waals surface area (Å²) in [5.74, 6) is 2.14. The topological polar surface area (TPSA) is 148 Å². The smallest absolute Gasteiger partial charge is 0.290 e. The van der Waals surface area contributed by atoms with Gasteiger partial charge in [0.05, 0.1) is 24.7 Å². The molecule has 12 nitrogen and oxygen atoms in total. The summed E-state index contributed by atoms with van der Waals surface area (Å²) >= 11 is 0. The number of hydrogen-bond donors (Lipinski definition) is 2. The van der Waals surface area contributed by atoms with Crippen molar-refractivity contribution in [3.8, 4) is 0 Å². The number of aryl methyl sites for hydroxylation is 2. The highest BCUT2D eigenvalue weighted by molar-refractivity contribution is 5.87. The van der Waals surface area contributed by atoms with Crippen LogP contribution in [0.1, 0.15) is 17.8 Å². The molecule has 4 heterocycles. The number of anilines is 1. The average Bonchev–Trinajstić information content (AvgIpc) is 3.26. The van der Waals surface area contributed by atoms with Crippen molar-refractivity contribution in [3.05, 3.63) is 17.8 Å². The maximum atomic E-state index is 8.36. The molecule has 0 amide bonds. The van der Waals surface area contributed by atoms with E-state index in [0.717, 1.165) is 23.4 Å². The van der Waals surface area contributed by atoms with Gasteiger partial charge in [-0.1, -0.05) is 5.21 Å². The molecule has 3 aromatic heterocycles. The molecule has 0 aliphatic carbocycles. The standard InChI is InChI=1S/C12H15N9O.CH2O2/c1-7-14-11-8(5-13-20(11)2)12(15-7)21-3-4-22-9(6-21)10-16-18-19-17-10;2-1-3/h5,9H,3-4,6H2,1-2H3,(H,16,17,18,19);1H,(H,2,3). The first-order valence-electron chi connectivity index (χ1n) is 7.48. The molecule has 4 rings (SSSR count). The lowest BCUT2D eigenvalue weighted by atomic mass is 10.2. The first-order valence-corrected chi connectivity index (χ1v) is 7.48. The number of H-pyrrole nitrogens is 1. The van der Waals surface area contributed by atoms with E-state index in [1.165, 1.54) is 0 Å². The predicted octanol–water partition coefficient (Wildman–Crippen LogP) is -0.536. The Hall–Kier alpha value is -3.15. The van der Waals surface area contributed by atoms with Crippen LogP contribution in [0.3, 0.4) is 0 Å². The summed E-state index contributed by atoms with van der Waals surface area (Å²) in [6.45, 7) is 3.56. The zero-order valence-electron chi connectivity index (χ0n) is 13.7. The average molecular weight is 347 g/mol. The number of morpholine rings is 1. The number of hydrogen-bond acceptors (Lipinski definition) is 9. The largest absolute Gasteiger partial charge is 0.483 e. The van der Waals surface area contributed by atoms with E-state index in [0.29, 0.717) is 24.8 Å². The Kier molecular flexibility index (Phi) is 4.79. The fraction of sp³-hybridized carbons (Fsp3) is 0.462. The van der Waals surface area contributed by atoms with E-state index in [2.05, 4.69) is 40.6 Å². The highest BCUT2D eigenvalue weighted by atomic mass is 16.5. The van der Waals surface area contributed by atoms with Crippen LogP contribution in [0.2, 0.25) is 0 Å². The van der Waals surface area contributed by atoms with E-state index in [1.54, 1.807) is 10.9 Å². The summed E-state index contributed by atoms with van der Waals surface area (Å²) in [6.07, 6.45) is 1.57. The summed E-state index contributed by atoms with van der Waals surface area (Å²) in [5.41, 5.74) is 0.824. The minimum absolute atomic E-state index is 0.227. The van der Waals surface area contributed by atoms with Crippen molar-refractivity contribution < 1.29 is 14.6 Å². The number of nitrogens with zero attached hydrogens (tertiary/aromatic N) is 8. The molecule has 1 aliphatic rings. The number of fused-ring (bicyclic) bond motifs is 1. The van der Waals surface area contributed by atoms with Crippen LogP contribution < -0.4 is 4.90 Å². The number of rotatable bonds is 2. The van der Waals surface area contributed by atoms with E-state index in [4.69, 9.17) is 14.6 Å². The minimum atomic E-state index is -0.250. The van der Waals surface area contributed by atoms with Crippen LogP contribution in [0.15, 0.2) is 6.20 Å². The number of aromatic amines is 1. The Balaban J connectivity index is 0.000000569. The fourth-order valence-corrected chi connectivity index (χ4v) is 2.66. The van der Waals surface area contributed by atoms with Crippen molar-refractivity contribution in [2.75, 3.05) is 24.6 Å². The van der Waals surface area contributed by atoms with Crippen LogP contribution in [-0.4, -0.2) is 71.6 Å². The van der Waals surface area contributed by atoms with Gasteiger partial charge >= 0.3 is 0 Å². The molecule has 0 spiro atoms. The van der Waals surface area contributed by atoms with Gasteiger partial charge in [-0.3, -0.25) is 9.48 Å². The van der Waals surface area contributed by atoms with E-state index in [9.17, 15) is 0 Å². The van der Waals surface area contributed by atoms with Crippen molar-refractivity contribution in [1.29, 1.82) is 0 Å². The van der Waals surface area contributed by atoms with Gasteiger partial charge < -0.3 is 14.7 Å². The molecule has 2 N–H and O–H groups in total. The Morgan fingerprint density at radius 2 is 2.24 bits per heavy atom. The molecular formula is C13H17N9O3. The summed E-state index contributed by atoms with van der Waals surface area (Å²) in [7, 11) is 1.87. The molecule has 1 unspecified atom stereocenters. The van der Waals surface area contributed by atoms with Gasteiger partial charge in [0.1, 0.15) is 17.7 Å². The third kappa shape index (κ3) is 3.38. The normalized spacial score (nSPS) is 17.2. The molecule has 1 saturated heterocycles. The molecule has 0 radical (unpaired) electrons. The summed E-state index contributed by atoms with van der Waals surface area (Å²) in [6, 6.07) is 0. The molecular weight excluding hydrogens is 330 g/mol. The van der Waals surface area contributed by atoms with Crippen molar-refractivity contribution in [2.24, 2.45) is 7.05 Å². The van der Waals surface area contributed by atoms with Gasteiger partial charge in [-0.2, -0.15) is 10.3 Å². The SMILES string of the molecule is Cc1nc(N2CCOC(c3nn[nH]n3)C2)c2cnn(C)c2n1.O=CO. The van der Waals surface area contributed by atoms with Crippen molar-refractivity contribution in [1.82, 2.24) is 40.4 Å². The lowest BCUT2D eigenvalue weighted by Gasteiger charge is -2.32. The molecule has 1 atom stereocenters. The number of nitrogens with one attached hydrogen (secondary N) is 1. The van der Waals surface area contributed by atoms with Crippen LogP contribution in [0.25, 0.3) is 11.0 Å². The second-order valence-corrected chi connectivity index (χ2v) is 5.28. The van der Waals surface area contributed by atoms with E-state index in [-0.39, 0.29) is 12.6 Å². The maximum absolute atomic E-state index is 8.36. The molecule has 12 heteroatoms. The maximum Gasteiger partial charge on any atom is 0.290 e. The third-order valence-corrected chi connectivity index (χ3v) is 3.70. The van der Waals surface area contributed by atoms with Gasteiger partial charge in [-0.15, -0.1) is 10.2 Å². The first kappa shape index (κ1) is 16.7. The molecule has 1 aliphatic heterocycles. The molecule has 3 aromatic rings. The third-order valence-electron chi connectivity index (χ3n) is 3.70. The van der Waals surface area contributed by atoms with Gasteiger partial charge in [0.2, 0.25) is 5.82 Å². The van der Waals surface area contributed by atoms with Crippen molar-refractivity contribution in [2.45, 2.75) is 13.0 Å². The van der Waals surface area contributed by atoms with Crippen LogP contribution >= 0.6 is 0 Å². The monoisotopic (exact) mass is 347 g/mol. The number of carboxylic acid groups (broad SMARTS) is 1. The van der Waals surface area contributed by atoms with E-state index >= 15 is 0 Å². The molecule has 25 heavy (non-hydrogen) atoms. The van der Waals surface area contributed by atoms with Crippen molar-refractivity contribution in [3.63, 3.8) is 0 Å². The minimum Gasteiger partial charge on any atom is -0.483 e. The number of ether oxygens (including phenoxy) is 1. The predicted molar refractivity (Wildman–Crippen MR) is 84.8 cm³/mol. The summed E-state index contributed by atoms with van der Waals surface area (Å²) < 4.78 is 7.49. The van der Waals surface area contributed by atoms with Gasteiger partial charge in [-0.25, -0.2) is 9.97 Å². The number of aromatic nitrogens is 8. The Morgan fingerprint density at radius 1 is 1.44 bits per heavy atom. The molecule has 0 aromatic carbocycles. The number of carbonyl (C=O) groups is 1. The summed E-state index contributed by atoms with van der Waals surface area (Å²) in [5, 5.41) is 26.2. The zero-order chi connectivity index (χ0) is 17.8. The van der Waals surface area contributed by atoms with Crippen LogP contribution in [0, 0.1) is 6.92 Å². The van der Waals surface area contributed by atoms with E-state index < -0.39 is 0 Å². The second kappa shape index (κ2) is 7.17. The van der Waals surface area contributed by atoms with Gasteiger partial charge in [0.25, 0.3) is 6.47 Å². The fourth-order valence-electron chi connectivity index (χ4n) is 2.66. The van der Waals surface area contributed by atoms with Crippen LogP contribution in [0.4, 0.5) is 5.82 Å². The van der Waals surface area contributed by atoms with Gasteiger partial charge in [0, 0.05) is 13.6 Å². The quantitative estimate of drug-likeness (QED) is 0.579. The lowest BCUT2D eigenvalue weighted by molar-refractivity contribution is -0.122. The van der Waals surface area contributed by atoms with Gasteiger partial charge in [-0.05, 0) is 6.92 Å². The lowest BCUT2D eigenvalue weighted by Crippen LogP contribution is -2.39. The van der Waals surface area contributed by atoms with Gasteiger partial charge in [0.15, 0.2) is 5.65 Å². The molecule has 0 bridgehead atoms. The Labute approximate surface area is 141 Å². The van der Waals surface area contributed by atoms with Crippen LogP contribution in [-0.2, 0) is 16.6 Å². The van der Waals surface area contributed by atoms with E-state index in [1.807, 2.05) is 14.0 Å². The zero-order valence-corrected chi connectivity index (χ0v) is 13.7. The number of tetrazole rings is 1. The highest BCUT2D eigenvalue weighted by Gasteiger charge is 2.27. The second-order valence-electron chi connectivity index (χ2n) is 5.28. The summed E-state index contributed by atoms with van der Waals surface area (Å²) in [4.78, 5) is 19.6. The Bertz CT molecular complexity index is 848. The molecule has 132 valence electrons. The van der Waals surface area contributed by atoms with Crippen LogP contribution in [0.5, 0.6) is 0 Å². The first-order chi connectivity index (χ1) is 12.1. The highest BCUT2D eigenvalue weighted by Crippen LogP contribution is 2.27. The Morgan fingerprint density at radius 3 is 2.96 bits per heavy atom. The molecule has 1 fully saturated rings.